The lowest BCUT2D eigenvalue weighted by Crippen LogP contribution is -2.02. The van der Waals surface area contributed by atoms with Crippen LogP contribution in [-0.4, -0.2) is 25.2 Å². The highest BCUT2D eigenvalue weighted by molar-refractivity contribution is 6.29. The molecular formula is C8H11ClO4. The summed E-state index contributed by atoms with van der Waals surface area (Å²) in [5, 5.41) is 0.330. The summed E-state index contributed by atoms with van der Waals surface area (Å²) in [6, 6.07) is 0. The van der Waals surface area contributed by atoms with Crippen LogP contribution < -0.4 is 0 Å². The second kappa shape index (κ2) is 6.48. The van der Waals surface area contributed by atoms with Crippen molar-refractivity contribution < 1.29 is 19.1 Å². The minimum Gasteiger partial charge on any atom is -0.462 e. The van der Waals surface area contributed by atoms with E-state index in [0.717, 1.165) is 0 Å². The Morgan fingerprint density at radius 3 is 2.23 bits per heavy atom. The molecule has 0 radical (unpaired) electrons. The lowest BCUT2D eigenvalue weighted by molar-refractivity contribution is -0.141. The molecule has 0 unspecified atom stereocenters. The monoisotopic (exact) mass is 206 g/mol. The quantitative estimate of drug-likeness (QED) is 0.650. The van der Waals surface area contributed by atoms with Crippen molar-refractivity contribution in [1.82, 2.24) is 0 Å². The molecule has 0 aromatic carbocycles. The van der Waals surface area contributed by atoms with Gasteiger partial charge in [0.05, 0.1) is 5.03 Å². The number of rotatable bonds is 4. The van der Waals surface area contributed by atoms with Crippen molar-refractivity contribution in [3.05, 3.63) is 11.1 Å². The van der Waals surface area contributed by atoms with E-state index in [1.807, 2.05) is 0 Å². The van der Waals surface area contributed by atoms with Gasteiger partial charge in [-0.15, -0.1) is 0 Å². The van der Waals surface area contributed by atoms with Gasteiger partial charge in [-0.1, -0.05) is 11.6 Å². The molecule has 0 N–H and O–H groups in total. The van der Waals surface area contributed by atoms with Gasteiger partial charge in [0.25, 0.3) is 0 Å². The molecule has 0 aliphatic carbocycles. The Kier molecular flexibility index (Phi) is 5.97. The van der Waals surface area contributed by atoms with Gasteiger partial charge in [0.1, 0.15) is 13.2 Å². The zero-order valence-electron chi connectivity index (χ0n) is 7.50. The summed E-state index contributed by atoms with van der Waals surface area (Å²) < 4.78 is 9.16. The Morgan fingerprint density at radius 1 is 1.23 bits per heavy atom. The third-order valence-corrected chi connectivity index (χ3v) is 1.27. The van der Waals surface area contributed by atoms with Crippen LogP contribution in [0.3, 0.4) is 0 Å². The summed E-state index contributed by atoms with van der Waals surface area (Å²) in [4.78, 5) is 20.6. The fourth-order valence-electron chi connectivity index (χ4n) is 0.479. The van der Waals surface area contributed by atoms with Gasteiger partial charge in [0.15, 0.2) is 0 Å². The molecule has 0 aliphatic rings. The maximum atomic E-state index is 10.3. The second-order valence-corrected chi connectivity index (χ2v) is 2.72. The van der Waals surface area contributed by atoms with Crippen LogP contribution in [-0.2, 0) is 19.1 Å². The number of carbonyl (C=O) groups excluding carboxylic acids is 2. The summed E-state index contributed by atoms with van der Waals surface area (Å²) >= 11 is 5.60. The first kappa shape index (κ1) is 12.0. The molecule has 0 fully saturated rings. The van der Waals surface area contributed by atoms with E-state index in [-0.39, 0.29) is 19.2 Å². The first-order valence-corrected chi connectivity index (χ1v) is 4.01. The van der Waals surface area contributed by atoms with Crippen LogP contribution in [0.15, 0.2) is 11.1 Å². The fraction of sp³-hybridized carbons (Fsp3) is 0.500. The minimum absolute atomic E-state index is 0.0121. The molecule has 0 aromatic rings. The van der Waals surface area contributed by atoms with Crippen molar-refractivity contribution in [3.63, 3.8) is 0 Å². The van der Waals surface area contributed by atoms with E-state index in [1.54, 1.807) is 0 Å². The highest BCUT2D eigenvalue weighted by Gasteiger charge is 1.96. The first-order valence-electron chi connectivity index (χ1n) is 3.63. The lowest BCUT2D eigenvalue weighted by atomic mass is 10.5. The number of carbonyl (C=O) groups is 2. The van der Waals surface area contributed by atoms with Crippen molar-refractivity contribution in [2.45, 2.75) is 13.8 Å². The van der Waals surface area contributed by atoms with Gasteiger partial charge in [-0.2, -0.15) is 0 Å². The standard InChI is InChI=1S/C8H11ClO4/c1-6(10)12-4-3-8(9)5-13-7(2)11/h3H,4-5H2,1-2H3/b8-3+. The van der Waals surface area contributed by atoms with E-state index in [1.165, 1.54) is 19.9 Å². The van der Waals surface area contributed by atoms with Crippen molar-refractivity contribution >= 4 is 23.5 Å². The van der Waals surface area contributed by atoms with E-state index in [2.05, 4.69) is 9.47 Å². The Morgan fingerprint density at radius 2 is 1.77 bits per heavy atom. The SMILES string of the molecule is CC(=O)OC/C=C(/Cl)COC(C)=O. The van der Waals surface area contributed by atoms with Gasteiger partial charge in [-0.25, -0.2) is 0 Å². The Hall–Kier alpha value is -1.03. The molecule has 0 heterocycles. The predicted molar refractivity (Wildman–Crippen MR) is 47.2 cm³/mol. The van der Waals surface area contributed by atoms with E-state index in [4.69, 9.17) is 11.6 Å². The minimum atomic E-state index is -0.404. The van der Waals surface area contributed by atoms with E-state index in [0.29, 0.717) is 5.03 Å². The molecule has 4 nitrogen and oxygen atoms in total. The van der Waals surface area contributed by atoms with Crippen LogP contribution in [0.1, 0.15) is 13.8 Å². The van der Waals surface area contributed by atoms with Gasteiger partial charge in [-0.3, -0.25) is 9.59 Å². The molecule has 0 amide bonds. The van der Waals surface area contributed by atoms with Crippen molar-refractivity contribution in [2.24, 2.45) is 0 Å². The highest BCUT2D eigenvalue weighted by atomic mass is 35.5. The summed E-state index contributed by atoms with van der Waals surface area (Å²) in [6.07, 6.45) is 1.46. The van der Waals surface area contributed by atoms with Gasteiger partial charge in [-0.05, 0) is 6.08 Å². The topological polar surface area (TPSA) is 52.6 Å². The Labute approximate surface area is 81.5 Å². The molecule has 0 atom stereocenters. The van der Waals surface area contributed by atoms with E-state index in [9.17, 15) is 9.59 Å². The number of esters is 2. The van der Waals surface area contributed by atoms with Gasteiger partial charge >= 0.3 is 11.9 Å². The molecular weight excluding hydrogens is 196 g/mol. The largest absolute Gasteiger partial charge is 0.462 e. The zero-order valence-corrected chi connectivity index (χ0v) is 8.26. The van der Waals surface area contributed by atoms with Crippen molar-refractivity contribution in [2.75, 3.05) is 13.2 Å². The molecule has 0 spiro atoms. The van der Waals surface area contributed by atoms with Gasteiger partial charge in [0.2, 0.25) is 0 Å². The second-order valence-electron chi connectivity index (χ2n) is 2.23. The van der Waals surface area contributed by atoms with Crippen LogP contribution in [0, 0.1) is 0 Å². The maximum absolute atomic E-state index is 10.3. The van der Waals surface area contributed by atoms with Crippen molar-refractivity contribution in [1.29, 1.82) is 0 Å². The predicted octanol–water partition coefficient (Wildman–Crippen LogP) is 1.24. The smallest absolute Gasteiger partial charge is 0.302 e. The van der Waals surface area contributed by atoms with E-state index < -0.39 is 5.97 Å². The average Bonchev–Trinajstić information content (AvgIpc) is 2.00. The molecule has 0 aliphatic heterocycles. The van der Waals surface area contributed by atoms with Crippen molar-refractivity contribution in [3.8, 4) is 0 Å². The average molecular weight is 207 g/mol. The molecule has 0 saturated heterocycles. The molecule has 5 heteroatoms. The third kappa shape index (κ3) is 8.88. The highest BCUT2D eigenvalue weighted by Crippen LogP contribution is 2.01. The molecule has 0 rings (SSSR count). The number of ether oxygens (including phenoxy) is 2. The molecule has 74 valence electrons. The summed E-state index contributed by atoms with van der Waals surface area (Å²) in [7, 11) is 0. The summed E-state index contributed by atoms with van der Waals surface area (Å²) in [5.74, 6) is -0.785. The Balaban J connectivity index is 3.63. The molecule has 0 saturated carbocycles. The molecule has 0 aromatic heterocycles. The normalized spacial score (nSPS) is 10.8. The van der Waals surface area contributed by atoms with Crippen LogP contribution >= 0.6 is 11.6 Å². The number of halogens is 1. The molecule has 13 heavy (non-hydrogen) atoms. The summed E-state index contributed by atoms with van der Waals surface area (Å²) in [5.41, 5.74) is 0. The Bertz CT molecular complexity index is 222. The van der Waals surface area contributed by atoms with Gasteiger partial charge in [0, 0.05) is 13.8 Å². The lowest BCUT2D eigenvalue weighted by Gasteiger charge is -2.00. The number of hydrogen-bond donors (Lipinski definition) is 0. The molecule has 0 bridgehead atoms. The summed E-state index contributed by atoms with van der Waals surface area (Å²) in [6.45, 7) is 2.69. The van der Waals surface area contributed by atoms with E-state index >= 15 is 0 Å². The van der Waals surface area contributed by atoms with Crippen LogP contribution in [0.2, 0.25) is 0 Å². The maximum Gasteiger partial charge on any atom is 0.302 e. The number of hydrogen-bond acceptors (Lipinski definition) is 4. The fourth-order valence-corrected chi connectivity index (χ4v) is 0.596. The van der Waals surface area contributed by atoms with Gasteiger partial charge < -0.3 is 9.47 Å². The zero-order chi connectivity index (χ0) is 10.3. The van der Waals surface area contributed by atoms with Crippen LogP contribution in [0.25, 0.3) is 0 Å². The first-order chi connectivity index (χ1) is 6.02. The third-order valence-electron chi connectivity index (χ3n) is 1.00. The van der Waals surface area contributed by atoms with Crippen LogP contribution in [0.4, 0.5) is 0 Å². The van der Waals surface area contributed by atoms with Crippen LogP contribution in [0.5, 0.6) is 0 Å².